The molecule has 0 aliphatic carbocycles. The lowest BCUT2D eigenvalue weighted by molar-refractivity contribution is -0.451. The molecule has 65 heavy (non-hydrogen) atoms. The standard InChI is InChI=1S/C45H72O20/c1-20(2)36(46)55-18-28-30(58-38(48)22(5)6)32(59-39(49)23(7)8)34(61-41(51)25(11)12)44(57-28)62-31-29(19-56-37(47)21(3)4)64-45(54-17,65-43(53)27(15)16)35(63-42(52)26(13)14)33(31)60-40(50)24(9)10/h20-35,44H,18-19H2,1-17H3/t28-,29-,30+,31-,32+,33+,34-,35-,44+,45?/m1/s1. The third-order valence-electron chi connectivity index (χ3n) is 9.87. The van der Waals surface area contributed by atoms with Gasteiger partial charge in [-0.25, -0.2) is 0 Å². The van der Waals surface area contributed by atoms with E-state index >= 15 is 0 Å². The SMILES string of the molecule is COC1(OC(=O)C(C)C)O[C@H](COC(=O)C(C)C)[C@@H](O[C@@H]2O[C@H](COC(=O)C(C)C)[C@H](OC(=O)C(C)C)[C@H](OC(=O)C(C)C)[C@H]2OC(=O)C(C)C)[C@H](OC(=O)C(C)C)[C@H]1OC(=O)C(C)C. The lowest BCUT2D eigenvalue weighted by atomic mass is 9.94. The van der Waals surface area contributed by atoms with Gasteiger partial charge in [-0.3, -0.25) is 38.4 Å². The minimum Gasteiger partial charge on any atom is -0.463 e. The van der Waals surface area contributed by atoms with Crippen LogP contribution in [0.4, 0.5) is 0 Å². The van der Waals surface area contributed by atoms with Crippen molar-refractivity contribution in [3.63, 3.8) is 0 Å². The Bertz CT molecular complexity index is 1650. The molecule has 0 saturated carbocycles. The smallest absolute Gasteiger partial charge is 0.372 e. The van der Waals surface area contributed by atoms with Crippen LogP contribution in [0.5, 0.6) is 0 Å². The molecule has 372 valence electrons. The number of methoxy groups -OCH3 is 1. The van der Waals surface area contributed by atoms with E-state index in [-0.39, 0.29) is 0 Å². The van der Waals surface area contributed by atoms with E-state index < -0.39 is 169 Å². The number of hydrogen-bond acceptors (Lipinski definition) is 20. The Morgan fingerprint density at radius 3 is 1.17 bits per heavy atom. The van der Waals surface area contributed by atoms with E-state index in [2.05, 4.69) is 0 Å². The zero-order chi connectivity index (χ0) is 49.8. The zero-order valence-corrected chi connectivity index (χ0v) is 40.9. The fourth-order valence-electron chi connectivity index (χ4n) is 5.72. The molecule has 0 aromatic carbocycles. The summed E-state index contributed by atoms with van der Waals surface area (Å²) < 4.78 is 72.2. The normalized spacial score (nSPS) is 26.9. The number of hydrogen-bond donors (Lipinski definition) is 0. The summed E-state index contributed by atoms with van der Waals surface area (Å²) in [6, 6.07) is 0. The Kier molecular flexibility index (Phi) is 21.8. The first kappa shape index (κ1) is 56.7. The molecule has 1 unspecified atom stereocenters. The molecule has 2 aliphatic rings. The number of carbonyl (C=O) groups is 8. The van der Waals surface area contributed by atoms with E-state index in [1.165, 1.54) is 69.2 Å². The van der Waals surface area contributed by atoms with E-state index in [1.54, 1.807) is 41.5 Å². The van der Waals surface area contributed by atoms with Gasteiger partial charge in [-0.2, -0.15) is 0 Å². The fraction of sp³-hybridized carbons (Fsp3) is 0.822. The highest BCUT2D eigenvalue weighted by Crippen LogP contribution is 2.41. The summed E-state index contributed by atoms with van der Waals surface area (Å²) in [7, 11) is 1.07. The van der Waals surface area contributed by atoms with Crippen LogP contribution in [0.25, 0.3) is 0 Å². The van der Waals surface area contributed by atoms with Crippen LogP contribution >= 0.6 is 0 Å². The highest BCUT2D eigenvalue weighted by molar-refractivity contribution is 5.75. The van der Waals surface area contributed by atoms with Crippen LogP contribution in [0.15, 0.2) is 0 Å². The molecular formula is C45H72O20. The topological polar surface area (TPSA) is 247 Å². The van der Waals surface area contributed by atoms with E-state index in [0.29, 0.717) is 0 Å². The van der Waals surface area contributed by atoms with Crippen LogP contribution in [-0.4, -0.2) is 129 Å². The quantitative estimate of drug-likeness (QED) is 0.0887. The van der Waals surface area contributed by atoms with Crippen molar-refractivity contribution in [1.29, 1.82) is 0 Å². The maximum atomic E-state index is 13.7. The Morgan fingerprint density at radius 2 is 0.769 bits per heavy atom. The fourth-order valence-corrected chi connectivity index (χ4v) is 5.72. The molecule has 0 aromatic heterocycles. The van der Waals surface area contributed by atoms with Gasteiger partial charge in [-0.1, -0.05) is 111 Å². The van der Waals surface area contributed by atoms with Gasteiger partial charge in [0.25, 0.3) is 0 Å². The van der Waals surface area contributed by atoms with Gasteiger partial charge in [0.1, 0.15) is 31.5 Å². The molecule has 2 aliphatic heterocycles. The zero-order valence-electron chi connectivity index (χ0n) is 40.9. The van der Waals surface area contributed by atoms with Gasteiger partial charge in [0.05, 0.1) is 47.3 Å². The Hall–Kier alpha value is -4.40. The third kappa shape index (κ3) is 15.6. The number of esters is 8. The van der Waals surface area contributed by atoms with Gasteiger partial charge < -0.3 is 56.8 Å². The van der Waals surface area contributed by atoms with Crippen molar-refractivity contribution in [2.24, 2.45) is 47.3 Å². The van der Waals surface area contributed by atoms with Crippen molar-refractivity contribution in [1.82, 2.24) is 0 Å². The average molecular weight is 933 g/mol. The second kappa shape index (κ2) is 24.9. The molecule has 10 atom stereocenters. The molecule has 2 heterocycles. The monoisotopic (exact) mass is 932 g/mol. The van der Waals surface area contributed by atoms with Gasteiger partial charge in [0, 0.05) is 7.11 Å². The Balaban J connectivity index is 3.13. The van der Waals surface area contributed by atoms with Crippen LogP contribution in [0.3, 0.4) is 0 Å². The second-order valence-electron chi connectivity index (χ2n) is 18.5. The summed E-state index contributed by atoms with van der Waals surface area (Å²) in [5.74, 6) is -15.4. The molecular weight excluding hydrogens is 860 g/mol. The summed E-state index contributed by atoms with van der Waals surface area (Å²) in [6.07, 6.45) is -16.0. The van der Waals surface area contributed by atoms with Crippen LogP contribution in [0.1, 0.15) is 111 Å². The van der Waals surface area contributed by atoms with Gasteiger partial charge in [-0.05, 0) is 0 Å². The largest absolute Gasteiger partial charge is 0.463 e. The van der Waals surface area contributed by atoms with Crippen molar-refractivity contribution < 1.29 is 95.2 Å². The van der Waals surface area contributed by atoms with E-state index in [9.17, 15) is 38.4 Å². The van der Waals surface area contributed by atoms with Gasteiger partial charge in [-0.15, -0.1) is 0 Å². The molecule has 2 fully saturated rings. The third-order valence-corrected chi connectivity index (χ3v) is 9.87. The van der Waals surface area contributed by atoms with Crippen molar-refractivity contribution in [2.45, 2.75) is 172 Å². The Labute approximate surface area is 381 Å². The summed E-state index contributed by atoms with van der Waals surface area (Å²) in [5.41, 5.74) is 0. The summed E-state index contributed by atoms with van der Waals surface area (Å²) in [4.78, 5) is 107. The summed E-state index contributed by atoms with van der Waals surface area (Å²) in [5, 5.41) is 0. The first-order valence-corrected chi connectivity index (χ1v) is 22.2. The second-order valence-corrected chi connectivity index (χ2v) is 18.5. The minimum absolute atomic E-state index is 0.623. The molecule has 20 nitrogen and oxygen atoms in total. The predicted molar refractivity (Wildman–Crippen MR) is 224 cm³/mol. The van der Waals surface area contributed by atoms with E-state index in [4.69, 9.17) is 56.8 Å². The highest BCUT2D eigenvalue weighted by Gasteiger charge is 2.65. The number of rotatable bonds is 21. The maximum absolute atomic E-state index is 13.7. The molecule has 20 heteroatoms. The minimum atomic E-state index is -2.70. The van der Waals surface area contributed by atoms with Crippen LogP contribution < -0.4 is 0 Å². The first-order valence-electron chi connectivity index (χ1n) is 22.2. The van der Waals surface area contributed by atoms with Crippen molar-refractivity contribution >= 4 is 47.8 Å². The lowest BCUT2D eigenvalue weighted by Gasteiger charge is -2.51. The molecule has 0 amide bonds. The molecule has 2 saturated heterocycles. The molecule has 0 aromatic rings. The number of ether oxygens (including phenoxy) is 12. The Morgan fingerprint density at radius 1 is 0.415 bits per heavy atom. The van der Waals surface area contributed by atoms with Crippen molar-refractivity contribution in [3.05, 3.63) is 0 Å². The summed E-state index contributed by atoms with van der Waals surface area (Å²) >= 11 is 0. The van der Waals surface area contributed by atoms with E-state index in [1.807, 2.05) is 0 Å². The molecule has 0 spiro atoms. The van der Waals surface area contributed by atoms with Gasteiger partial charge >= 0.3 is 53.7 Å². The molecule has 0 bridgehead atoms. The first-order chi connectivity index (χ1) is 30.1. The van der Waals surface area contributed by atoms with Crippen LogP contribution in [0, 0.1) is 47.3 Å². The van der Waals surface area contributed by atoms with E-state index in [0.717, 1.165) is 7.11 Å². The average Bonchev–Trinajstić information content (AvgIpc) is 3.22. The summed E-state index contributed by atoms with van der Waals surface area (Å²) in [6.45, 7) is 23.2. The highest BCUT2D eigenvalue weighted by atomic mass is 16.9. The number of carbonyl (C=O) groups excluding carboxylic acids is 8. The van der Waals surface area contributed by atoms with Crippen molar-refractivity contribution in [3.8, 4) is 0 Å². The van der Waals surface area contributed by atoms with Crippen LogP contribution in [0.2, 0.25) is 0 Å². The van der Waals surface area contributed by atoms with Gasteiger partial charge in [0.2, 0.25) is 6.10 Å². The lowest BCUT2D eigenvalue weighted by Crippen LogP contribution is -2.71. The maximum Gasteiger partial charge on any atom is 0.372 e. The molecule has 2 rings (SSSR count). The van der Waals surface area contributed by atoms with Crippen LogP contribution in [-0.2, 0) is 95.2 Å². The van der Waals surface area contributed by atoms with Gasteiger partial charge in [0.15, 0.2) is 30.7 Å². The van der Waals surface area contributed by atoms with Crippen molar-refractivity contribution in [2.75, 3.05) is 20.3 Å². The molecule has 0 radical (unpaired) electrons. The molecule has 0 N–H and O–H groups in total. The predicted octanol–water partition coefficient (Wildman–Crippen LogP) is 4.23.